The van der Waals surface area contributed by atoms with Crippen molar-refractivity contribution in [3.8, 4) is 0 Å². The van der Waals surface area contributed by atoms with Crippen LogP contribution in [0, 0.1) is 6.92 Å². The van der Waals surface area contributed by atoms with Gasteiger partial charge in [0.25, 0.3) is 0 Å². The molecular weight excluding hydrogens is 402 g/mol. The van der Waals surface area contributed by atoms with E-state index < -0.39 is 11.9 Å². The van der Waals surface area contributed by atoms with Gasteiger partial charge in [-0.3, -0.25) is 4.90 Å². The van der Waals surface area contributed by atoms with Gasteiger partial charge in [-0.2, -0.15) is 0 Å². The largest absolute Gasteiger partial charge is 0.478 e. The first kappa shape index (κ1) is 23.9. The third-order valence-corrected chi connectivity index (χ3v) is 5.90. The number of hydrogen-bond acceptors (Lipinski definition) is 5. The Morgan fingerprint density at radius 2 is 1.57 bits per heavy atom. The van der Waals surface area contributed by atoms with Crippen molar-refractivity contribution in [1.29, 1.82) is 0 Å². The molecule has 0 aromatic heterocycles. The third kappa shape index (κ3) is 6.86. The number of nitrogens with zero attached hydrogens (tertiary/aromatic N) is 1. The van der Waals surface area contributed by atoms with Crippen molar-refractivity contribution in [1.82, 2.24) is 4.90 Å². The predicted molar refractivity (Wildman–Crippen MR) is 119 cm³/mol. The summed E-state index contributed by atoms with van der Waals surface area (Å²) in [6, 6.07) is 13.7. The van der Waals surface area contributed by atoms with Gasteiger partial charge >= 0.3 is 11.9 Å². The summed E-state index contributed by atoms with van der Waals surface area (Å²) in [4.78, 5) is 25.1. The molecule has 1 saturated heterocycles. The zero-order valence-corrected chi connectivity index (χ0v) is 18.4. The summed E-state index contributed by atoms with van der Waals surface area (Å²) >= 11 is 1.80. The van der Waals surface area contributed by atoms with Crippen LogP contribution in [-0.2, 0) is 11.2 Å². The quantitative estimate of drug-likeness (QED) is 0.667. The highest BCUT2D eigenvalue weighted by atomic mass is 32.2. The Morgan fingerprint density at radius 1 is 1.03 bits per heavy atom. The van der Waals surface area contributed by atoms with Crippen LogP contribution in [0.4, 0.5) is 0 Å². The second-order valence-electron chi connectivity index (χ2n) is 7.14. The second-order valence-corrected chi connectivity index (χ2v) is 8.02. The molecule has 2 aromatic rings. The van der Waals surface area contributed by atoms with E-state index in [-0.39, 0.29) is 16.7 Å². The molecule has 30 heavy (non-hydrogen) atoms. The smallest absolute Gasteiger partial charge is 0.335 e. The van der Waals surface area contributed by atoms with Gasteiger partial charge in [0.05, 0.1) is 24.3 Å². The number of morpholine rings is 1. The Kier molecular flexibility index (Phi) is 9.36. The Hall–Kier alpha value is -2.35. The highest BCUT2D eigenvalue weighted by Gasteiger charge is 2.17. The number of aromatic carboxylic acids is 2. The lowest BCUT2D eigenvalue weighted by Gasteiger charge is -2.32. The molecule has 1 fully saturated rings. The second kappa shape index (κ2) is 11.7. The molecule has 0 radical (unpaired) electrons. The molecule has 0 saturated carbocycles. The van der Waals surface area contributed by atoms with Crippen molar-refractivity contribution < 1.29 is 24.5 Å². The topological polar surface area (TPSA) is 87.1 Å². The molecule has 1 aliphatic rings. The Balaban J connectivity index is 0.000000222. The number of ether oxygens (including phenoxy) is 1. The van der Waals surface area contributed by atoms with Gasteiger partial charge in [0, 0.05) is 24.0 Å². The summed E-state index contributed by atoms with van der Waals surface area (Å²) in [5.41, 5.74) is 1.77. The first-order valence-corrected chi connectivity index (χ1v) is 11.1. The lowest BCUT2D eigenvalue weighted by molar-refractivity contribution is 0.0203. The highest BCUT2D eigenvalue weighted by molar-refractivity contribution is 7.98. The zero-order valence-electron chi connectivity index (χ0n) is 17.6. The van der Waals surface area contributed by atoms with Crippen molar-refractivity contribution in [2.75, 3.05) is 32.6 Å². The molecule has 2 aromatic carbocycles. The van der Waals surface area contributed by atoms with Crippen LogP contribution in [0.1, 0.15) is 38.8 Å². The number of carboxylic acids is 2. The van der Waals surface area contributed by atoms with Gasteiger partial charge in [-0.15, -0.1) is 11.8 Å². The van der Waals surface area contributed by atoms with Crippen LogP contribution in [0.3, 0.4) is 0 Å². The van der Waals surface area contributed by atoms with Gasteiger partial charge < -0.3 is 14.9 Å². The number of carbonyl (C=O) groups is 2. The van der Waals surface area contributed by atoms with E-state index >= 15 is 0 Å². The molecule has 1 atom stereocenters. The SMILES string of the molecule is CSc1ccc(CC(C)N2CCOCC2)cc1.Cc1c(C(=O)O)cccc1C(=O)O. The summed E-state index contributed by atoms with van der Waals surface area (Å²) in [6.45, 7) is 7.71. The van der Waals surface area contributed by atoms with Gasteiger partial charge in [0.1, 0.15) is 0 Å². The van der Waals surface area contributed by atoms with E-state index in [0.29, 0.717) is 6.04 Å². The maximum atomic E-state index is 10.6. The van der Waals surface area contributed by atoms with Gasteiger partial charge in [0.2, 0.25) is 0 Å². The molecule has 2 N–H and O–H groups in total. The standard InChI is InChI=1S/C14H21NOS.C9H8O4/c1-12(15-7-9-16-10-8-15)11-13-3-5-14(17-2)6-4-13;1-5-6(8(10)11)3-2-4-7(5)9(12)13/h3-6,12H,7-11H2,1-2H3;2-4H,1H3,(H,10,11)(H,12,13). The van der Waals surface area contributed by atoms with Crippen molar-refractivity contribution in [3.63, 3.8) is 0 Å². The molecule has 3 rings (SSSR count). The lowest BCUT2D eigenvalue weighted by Crippen LogP contribution is -2.43. The average molecular weight is 432 g/mol. The molecule has 0 aliphatic carbocycles. The summed E-state index contributed by atoms with van der Waals surface area (Å²) in [6.07, 6.45) is 3.25. The van der Waals surface area contributed by atoms with Gasteiger partial charge in [0.15, 0.2) is 0 Å². The molecule has 1 heterocycles. The highest BCUT2D eigenvalue weighted by Crippen LogP contribution is 2.17. The normalized spacial score (nSPS) is 15.0. The van der Waals surface area contributed by atoms with Crippen LogP contribution in [0.2, 0.25) is 0 Å². The molecule has 1 unspecified atom stereocenters. The van der Waals surface area contributed by atoms with E-state index in [1.54, 1.807) is 11.8 Å². The van der Waals surface area contributed by atoms with E-state index in [4.69, 9.17) is 14.9 Å². The van der Waals surface area contributed by atoms with Crippen LogP contribution in [0.15, 0.2) is 47.4 Å². The van der Waals surface area contributed by atoms with Crippen LogP contribution in [0.5, 0.6) is 0 Å². The average Bonchev–Trinajstić information content (AvgIpc) is 2.75. The fraction of sp³-hybridized carbons (Fsp3) is 0.391. The zero-order chi connectivity index (χ0) is 22.1. The van der Waals surface area contributed by atoms with Crippen LogP contribution in [0.25, 0.3) is 0 Å². The van der Waals surface area contributed by atoms with Crippen molar-refractivity contribution in [2.24, 2.45) is 0 Å². The number of hydrogen-bond donors (Lipinski definition) is 2. The van der Waals surface area contributed by atoms with Crippen LogP contribution in [-0.4, -0.2) is 65.7 Å². The number of benzene rings is 2. The maximum absolute atomic E-state index is 10.6. The Labute approximate surface area is 181 Å². The molecule has 0 bridgehead atoms. The summed E-state index contributed by atoms with van der Waals surface area (Å²) in [7, 11) is 0. The van der Waals surface area contributed by atoms with Crippen molar-refractivity contribution in [3.05, 3.63) is 64.7 Å². The van der Waals surface area contributed by atoms with E-state index in [2.05, 4.69) is 42.3 Å². The number of thioether (sulfide) groups is 1. The van der Waals surface area contributed by atoms with E-state index in [1.165, 1.54) is 35.6 Å². The monoisotopic (exact) mass is 431 g/mol. The van der Waals surface area contributed by atoms with Gasteiger partial charge in [-0.05, 0) is 61.9 Å². The fourth-order valence-corrected chi connectivity index (χ4v) is 3.76. The van der Waals surface area contributed by atoms with Gasteiger partial charge in [-0.1, -0.05) is 18.2 Å². The van der Waals surface area contributed by atoms with E-state index in [1.807, 2.05) is 0 Å². The molecule has 0 amide bonds. The van der Waals surface area contributed by atoms with E-state index in [9.17, 15) is 9.59 Å². The third-order valence-electron chi connectivity index (χ3n) is 5.15. The maximum Gasteiger partial charge on any atom is 0.335 e. The minimum atomic E-state index is -1.11. The minimum Gasteiger partial charge on any atom is -0.478 e. The molecule has 1 aliphatic heterocycles. The molecular formula is C23H29NO5S. The molecule has 6 nitrogen and oxygen atoms in total. The van der Waals surface area contributed by atoms with Crippen molar-refractivity contribution in [2.45, 2.75) is 31.2 Å². The molecule has 0 spiro atoms. The number of rotatable bonds is 6. The lowest BCUT2D eigenvalue weighted by atomic mass is 10.0. The first-order valence-electron chi connectivity index (χ1n) is 9.84. The van der Waals surface area contributed by atoms with Crippen LogP contribution < -0.4 is 0 Å². The van der Waals surface area contributed by atoms with Gasteiger partial charge in [-0.25, -0.2) is 9.59 Å². The predicted octanol–water partition coefficient (Wildman–Crippen LogP) is 4.06. The van der Waals surface area contributed by atoms with Crippen molar-refractivity contribution >= 4 is 23.7 Å². The fourth-order valence-electron chi connectivity index (χ4n) is 3.35. The summed E-state index contributed by atoms with van der Waals surface area (Å²) < 4.78 is 5.39. The molecule has 7 heteroatoms. The Bertz CT molecular complexity index is 815. The summed E-state index contributed by atoms with van der Waals surface area (Å²) in [5, 5.41) is 17.4. The first-order chi connectivity index (χ1) is 14.3. The van der Waals surface area contributed by atoms with Crippen LogP contribution >= 0.6 is 11.8 Å². The minimum absolute atomic E-state index is 0.0277. The Morgan fingerprint density at radius 3 is 2.03 bits per heavy atom. The summed E-state index contributed by atoms with van der Waals surface area (Å²) in [5.74, 6) is -2.22. The number of carboxylic acid groups (broad SMARTS) is 2. The molecule has 162 valence electrons. The van der Waals surface area contributed by atoms with E-state index in [0.717, 1.165) is 32.7 Å².